The van der Waals surface area contributed by atoms with E-state index in [2.05, 4.69) is 15.0 Å². The minimum absolute atomic E-state index is 0. The molecule has 1 aromatic rings. The van der Waals surface area contributed by atoms with Crippen molar-refractivity contribution >= 4 is 40.7 Å². The summed E-state index contributed by atoms with van der Waals surface area (Å²) in [7, 11) is -3.59. The van der Waals surface area contributed by atoms with E-state index < -0.39 is 10.0 Å². The minimum atomic E-state index is -3.59. The van der Waals surface area contributed by atoms with Gasteiger partial charge in [-0.05, 0) is 31.5 Å². The summed E-state index contributed by atoms with van der Waals surface area (Å²) in [6.45, 7) is 1.21. The fraction of sp³-hybridized carbons (Fsp3) is 0.500. The fourth-order valence-electron chi connectivity index (χ4n) is 1.47. The number of carbonyl (C=O) groups excluding carboxylic acids is 1. The highest BCUT2D eigenvalue weighted by atomic mass is 35.5. The van der Waals surface area contributed by atoms with E-state index in [0.29, 0.717) is 13.1 Å². The molecule has 10 heteroatoms. The number of carbonyl (C=O) groups is 1. The molecule has 0 aromatic carbocycles. The number of sulfonamides is 1. The van der Waals surface area contributed by atoms with Gasteiger partial charge in [-0.1, -0.05) is 0 Å². The van der Waals surface area contributed by atoms with E-state index in [1.54, 1.807) is 6.07 Å². The van der Waals surface area contributed by atoms with Crippen LogP contribution >= 0.6 is 24.8 Å². The van der Waals surface area contributed by atoms with E-state index in [9.17, 15) is 13.2 Å². The Morgan fingerprint density at radius 2 is 1.95 bits per heavy atom. The molecule has 0 saturated carbocycles. The zero-order valence-corrected chi connectivity index (χ0v) is 14.5. The standard InChI is InChI=1S/C12H20N4O3S.2ClH/c13-6-1-2-8-15-12(17)5-9-16-20(18,19)11-4-3-7-14-10-11;;/h3-4,7,10,16H,1-2,5-6,8-9,13H2,(H,15,17);2*1H. The number of halogens is 2. The fourth-order valence-corrected chi connectivity index (χ4v) is 2.47. The van der Waals surface area contributed by atoms with Crippen LogP contribution in [-0.4, -0.2) is 38.9 Å². The molecule has 0 aliphatic rings. The van der Waals surface area contributed by atoms with Crippen molar-refractivity contribution in [3.05, 3.63) is 24.5 Å². The van der Waals surface area contributed by atoms with Gasteiger partial charge in [0.25, 0.3) is 0 Å². The predicted molar refractivity (Wildman–Crippen MR) is 89.8 cm³/mol. The molecule has 128 valence electrons. The lowest BCUT2D eigenvalue weighted by atomic mass is 10.3. The molecule has 0 aliphatic carbocycles. The van der Waals surface area contributed by atoms with Crippen molar-refractivity contribution in [3.8, 4) is 0 Å². The van der Waals surface area contributed by atoms with Crippen molar-refractivity contribution in [3.63, 3.8) is 0 Å². The summed E-state index contributed by atoms with van der Waals surface area (Å²) in [5, 5.41) is 2.70. The molecule has 4 N–H and O–H groups in total. The minimum Gasteiger partial charge on any atom is -0.356 e. The molecule has 1 heterocycles. The first kappa shape index (κ1) is 23.3. The van der Waals surface area contributed by atoms with Gasteiger partial charge in [-0.25, -0.2) is 13.1 Å². The van der Waals surface area contributed by atoms with Crippen LogP contribution in [0.5, 0.6) is 0 Å². The topological polar surface area (TPSA) is 114 Å². The van der Waals surface area contributed by atoms with E-state index >= 15 is 0 Å². The maximum Gasteiger partial charge on any atom is 0.242 e. The summed E-state index contributed by atoms with van der Waals surface area (Å²) in [5.41, 5.74) is 5.33. The van der Waals surface area contributed by atoms with E-state index in [1.807, 2.05) is 0 Å². The monoisotopic (exact) mass is 372 g/mol. The number of unbranched alkanes of at least 4 members (excludes halogenated alkanes) is 1. The first-order chi connectivity index (χ1) is 9.56. The number of amides is 1. The molecule has 0 fully saturated rings. The lowest BCUT2D eigenvalue weighted by Gasteiger charge is -2.07. The molecular formula is C12H22Cl2N4O3S. The van der Waals surface area contributed by atoms with Gasteiger partial charge < -0.3 is 11.1 Å². The Kier molecular flexibility index (Phi) is 13.4. The molecule has 0 aliphatic heterocycles. The second-order valence-electron chi connectivity index (χ2n) is 4.18. The third-order valence-electron chi connectivity index (χ3n) is 2.54. The smallest absolute Gasteiger partial charge is 0.242 e. The summed E-state index contributed by atoms with van der Waals surface area (Å²) in [4.78, 5) is 15.3. The third kappa shape index (κ3) is 9.16. The third-order valence-corrected chi connectivity index (χ3v) is 3.99. The summed E-state index contributed by atoms with van der Waals surface area (Å²) >= 11 is 0. The molecule has 0 unspecified atom stereocenters. The highest BCUT2D eigenvalue weighted by Crippen LogP contribution is 2.04. The lowest BCUT2D eigenvalue weighted by Crippen LogP contribution is -2.31. The molecule has 0 atom stereocenters. The number of hydrogen-bond donors (Lipinski definition) is 3. The van der Waals surface area contributed by atoms with Crippen molar-refractivity contribution in [2.24, 2.45) is 5.73 Å². The van der Waals surface area contributed by atoms with E-state index in [0.717, 1.165) is 12.8 Å². The molecule has 22 heavy (non-hydrogen) atoms. The van der Waals surface area contributed by atoms with Crippen molar-refractivity contribution < 1.29 is 13.2 Å². The van der Waals surface area contributed by atoms with Crippen LogP contribution in [0.15, 0.2) is 29.4 Å². The van der Waals surface area contributed by atoms with Crippen LogP contribution in [0, 0.1) is 0 Å². The van der Waals surface area contributed by atoms with Crippen LogP contribution in [0.4, 0.5) is 0 Å². The maximum atomic E-state index is 11.8. The summed E-state index contributed by atoms with van der Waals surface area (Å²) in [5.74, 6) is -0.184. The number of nitrogens with zero attached hydrogens (tertiary/aromatic N) is 1. The zero-order valence-electron chi connectivity index (χ0n) is 12.0. The molecule has 1 amide bonds. The number of pyridine rings is 1. The van der Waals surface area contributed by atoms with Gasteiger partial charge in [0, 0.05) is 31.9 Å². The Morgan fingerprint density at radius 1 is 1.23 bits per heavy atom. The second kappa shape index (κ2) is 12.6. The number of rotatable bonds is 9. The molecule has 1 aromatic heterocycles. The van der Waals surface area contributed by atoms with Crippen LogP contribution < -0.4 is 15.8 Å². The van der Waals surface area contributed by atoms with Gasteiger partial charge in [-0.2, -0.15) is 0 Å². The van der Waals surface area contributed by atoms with Gasteiger partial charge in [-0.3, -0.25) is 9.78 Å². The molecule has 0 saturated heterocycles. The first-order valence-electron chi connectivity index (χ1n) is 6.43. The van der Waals surface area contributed by atoms with E-state index in [-0.39, 0.29) is 48.6 Å². The van der Waals surface area contributed by atoms with Crippen LogP contribution in [0.3, 0.4) is 0 Å². The number of nitrogens with two attached hydrogens (primary N) is 1. The maximum absolute atomic E-state index is 11.8. The van der Waals surface area contributed by atoms with E-state index in [4.69, 9.17) is 5.73 Å². The van der Waals surface area contributed by atoms with Gasteiger partial charge >= 0.3 is 0 Å². The van der Waals surface area contributed by atoms with Gasteiger partial charge in [0.2, 0.25) is 15.9 Å². The van der Waals surface area contributed by atoms with Crippen LogP contribution in [0.25, 0.3) is 0 Å². The molecule has 7 nitrogen and oxygen atoms in total. The SMILES string of the molecule is Cl.Cl.NCCCCNC(=O)CCNS(=O)(=O)c1cccnc1. The average Bonchev–Trinajstić information content (AvgIpc) is 2.44. The first-order valence-corrected chi connectivity index (χ1v) is 7.91. The van der Waals surface area contributed by atoms with Gasteiger partial charge in [-0.15, -0.1) is 24.8 Å². The van der Waals surface area contributed by atoms with E-state index in [1.165, 1.54) is 18.5 Å². The highest BCUT2D eigenvalue weighted by molar-refractivity contribution is 7.89. The Labute approximate surface area is 143 Å². The number of nitrogens with one attached hydrogen (secondary N) is 2. The quantitative estimate of drug-likeness (QED) is 0.544. The predicted octanol–water partition coefficient (Wildman–Crippen LogP) is 0.449. The molecule has 0 radical (unpaired) electrons. The number of aromatic nitrogens is 1. The highest BCUT2D eigenvalue weighted by Gasteiger charge is 2.13. The molecule has 1 rings (SSSR count). The summed E-state index contributed by atoms with van der Waals surface area (Å²) in [6, 6.07) is 2.99. The summed E-state index contributed by atoms with van der Waals surface area (Å²) in [6.07, 6.45) is 4.53. The zero-order chi connectivity index (χ0) is 14.8. The van der Waals surface area contributed by atoms with Gasteiger partial charge in [0.05, 0.1) is 0 Å². The number of hydrogen-bond acceptors (Lipinski definition) is 5. The Bertz CT molecular complexity index is 514. The van der Waals surface area contributed by atoms with Gasteiger partial charge in [0.15, 0.2) is 0 Å². The largest absolute Gasteiger partial charge is 0.356 e. The van der Waals surface area contributed by atoms with Gasteiger partial charge in [0.1, 0.15) is 4.90 Å². The Morgan fingerprint density at radius 3 is 2.55 bits per heavy atom. The average molecular weight is 373 g/mol. The van der Waals surface area contributed by atoms with Crippen molar-refractivity contribution in [1.29, 1.82) is 0 Å². The van der Waals surface area contributed by atoms with Crippen LogP contribution in [-0.2, 0) is 14.8 Å². The normalized spacial score (nSPS) is 10.2. The Hall–Kier alpha value is -0.930. The van der Waals surface area contributed by atoms with Crippen molar-refractivity contribution in [2.45, 2.75) is 24.2 Å². The molecule has 0 bridgehead atoms. The van der Waals surface area contributed by atoms with Crippen LogP contribution in [0.2, 0.25) is 0 Å². The van der Waals surface area contributed by atoms with Crippen LogP contribution in [0.1, 0.15) is 19.3 Å². The summed E-state index contributed by atoms with van der Waals surface area (Å²) < 4.78 is 26.0. The molecular weight excluding hydrogens is 351 g/mol. The molecule has 0 spiro atoms. The second-order valence-corrected chi connectivity index (χ2v) is 5.95. The van der Waals surface area contributed by atoms with Crippen molar-refractivity contribution in [2.75, 3.05) is 19.6 Å². The lowest BCUT2D eigenvalue weighted by molar-refractivity contribution is -0.120. The Balaban J connectivity index is 0. The van der Waals surface area contributed by atoms with Crippen molar-refractivity contribution in [1.82, 2.24) is 15.0 Å².